The van der Waals surface area contributed by atoms with Crippen LogP contribution in [-0.4, -0.2) is 48.0 Å². The molecule has 0 radical (unpaired) electrons. The van der Waals surface area contributed by atoms with Gasteiger partial charge in [-0.3, -0.25) is 0 Å². The molecule has 7 heteroatoms. The van der Waals surface area contributed by atoms with Crippen LogP contribution in [0.5, 0.6) is 0 Å². The van der Waals surface area contributed by atoms with Crippen LogP contribution in [0, 0.1) is 10.8 Å². The minimum Gasteiger partial charge on any atom is -0.399 e. The lowest BCUT2D eigenvalue weighted by Gasteiger charge is -2.63. The lowest BCUT2D eigenvalue weighted by molar-refractivity contribution is -0.210. The molecule has 0 aliphatic carbocycles. The van der Waals surface area contributed by atoms with Crippen molar-refractivity contribution in [2.45, 2.75) is 65.7 Å². The van der Waals surface area contributed by atoms with Gasteiger partial charge < -0.3 is 18.9 Å². The summed E-state index contributed by atoms with van der Waals surface area (Å²) in [6.45, 7) is 17.2. The molecule has 3 heterocycles. The SMILES string of the molecule is CC(C)(C)C(=S)N1CC2(COC2)C1c1cc(Cl)cc(B2OC(C)(C)C(C)(C)O2)c1. The molecule has 0 saturated carbocycles. The van der Waals surface area contributed by atoms with Crippen LogP contribution in [0.2, 0.25) is 5.02 Å². The summed E-state index contributed by atoms with van der Waals surface area (Å²) in [7, 11) is -0.436. The average molecular weight is 436 g/mol. The van der Waals surface area contributed by atoms with Crippen LogP contribution in [0.25, 0.3) is 0 Å². The number of halogens is 1. The van der Waals surface area contributed by atoms with Gasteiger partial charge in [-0.05, 0) is 50.9 Å². The molecule has 4 rings (SSSR count). The van der Waals surface area contributed by atoms with E-state index in [1.165, 1.54) is 0 Å². The van der Waals surface area contributed by atoms with Gasteiger partial charge in [0.2, 0.25) is 0 Å². The lowest BCUT2D eigenvalue weighted by Crippen LogP contribution is -2.69. The van der Waals surface area contributed by atoms with Crippen LogP contribution in [0.4, 0.5) is 0 Å². The topological polar surface area (TPSA) is 30.9 Å². The second-order valence-corrected chi connectivity index (χ2v) is 11.7. The van der Waals surface area contributed by atoms with Crippen molar-refractivity contribution < 1.29 is 14.0 Å². The van der Waals surface area contributed by atoms with E-state index in [1.54, 1.807) is 0 Å². The summed E-state index contributed by atoms with van der Waals surface area (Å²) in [5, 5.41) is 0.691. The first-order chi connectivity index (χ1) is 13.3. The first kappa shape index (κ1) is 21.6. The Hall–Kier alpha value is -0.655. The van der Waals surface area contributed by atoms with Crippen molar-refractivity contribution in [3.63, 3.8) is 0 Å². The Morgan fingerprint density at radius 3 is 2.17 bits per heavy atom. The second kappa shape index (κ2) is 6.67. The molecule has 1 spiro atoms. The number of hydrogen-bond donors (Lipinski definition) is 0. The molecule has 1 aromatic carbocycles. The Morgan fingerprint density at radius 1 is 1.10 bits per heavy atom. The molecule has 1 atom stereocenters. The summed E-state index contributed by atoms with van der Waals surface area (Å²) in [6.07, 6.45) is 0. The van der Waals surface area contributed by atoms with Crippen molar-refractivity contribution >= 4 is 41.4 Å². The second-order valence-electron chi connectivity index (χ2n) is 10.8. The highest BCUT2D eigenvalue weighted by molar-refractivity contribution is 7.80. The smallest absolute Gasteiger partial charge is 0.399 e. The highest BCUT2D eigenvalue weighted by Gasteiger charge is 2.60. The predicted octanol–water partition coefficient (Wildman–Crippen LogP) is 4.39. The van der Waals surface area contributed by atoms with Gasteiger partial charge in [0.25, 0.3) is 0 Å². The van der Waals surface area contributed by atoms with Gasteiger partial charge in [-0.25, -0.2) is 0 Å². The fourth-order valence-electron chi connectivity index (χ4n) is 4.41. The maximum Gasteiger partial charge on any atom is 0.494 e. The summed E-state index contributed by atoms with van der Waals surface area (Å²) < 4.78 is 18.1. The molecule has 4 nitrogen and oxygen atoms in total. The van der Waals surface area contributed by atoms with E-state index < -0.39 is 7.12 Å². The molecule has 158 valence electrons. The van der Waals surface area contributed by atoms with Crippen molar-refractivity contribution in [2.75, 3.05) is 19.8 Å². The minimum absolute atomic E-state index is 0.0626. The standard InChI is InChI=1S/C22H31BClNO3S/c1-19(2,3)18(29)25-11-22(12-26-13-22)17(25)14-8-15(10-16(24)9-14)23-27-20(4,5)21(6,7)28-23/h8-10,17H,11-13H2,1-7H3. The molecule has 0 aromatic heterocycles. The van der Waals surface area contributed by atoms with Gasteiger partial charge in [0, 0.05) is 17.0 Å². The van der Waals surface area contributed by atoms with E-state index in [-0.39, 0.29) is 28.1 Å². The number of ether oxygens (including phenoxy) is 1. The number of benzene rings is 1. The van der Waals surface area contributed by atoms with Crippen molar-refractivity contribution in [3.8, 4) is 0 Å². The summed E-state index contributed by atoms with van der Waals surface area (Å²) in [5.74, 6) is 0. The highest BCUT2D eigenvalue weighted by atomic mass is 35.5. The lowest BCUT2D eigenvalue weighted by atomic mass is 9.65. The Kier molecular flexibility index (Phi) is 4.96. The summed E-state index contributed by atoms with van der Waals surface area (Å²) in [6, 6.07) is 6.35. The van der Waals surface area contributed by atoms with Crippen molar-refractivity contribution in [2.24, 2.45) is 10.8 Å². The van der Waals surface area contributed by atoms with Crippen LogP contribution in [0.15, 0.2) is 18.2 Å². The molecule has 0 amide bonds. The Labute approximate surface area is 185 Å². The molecule has 3 saturated heterocycles. The predicted molar refractivity (Wildman–Crippen MR) is 122 cm³/mol. The van der Waals surface area contributed by atoms with E-state index in [1.807, 2.05) is 6.07 Å². The molecule has 0 bridgehead atoms. The van der Waals surface area contributed by atoms with Crippen LogP contribution in [0.3, 0.4) is 0 Å². The zero-order valence-corrected chi connectivity index (χ0v) is 20.0. The maximum absolute atomic E-state index is 6.57. The van der Waals surface area contributed by atoms with E-state index in [2.05, 4.69) is 65.5 Å². The third-order valence-corrected chi connectivity index (χ3v) is 7.91. The quantitative estimate of drug-likeness (QED) is 0.508. The highest BCUT2D eigenvalue weighted by Crippen LogP contribution is 2.55. The molecular weight excluding hydrogens is 405 g/mol. The molecule has 3 fully saturated rings. The zero-order chi connectivity index (χ0) is 21.4. The molecule has 0 N–H and O–H groups in total. The molecule has 3 aliphatic heterocycles. The van der Waals surface area contributed by atoms with Crippen molar-refractivity contribution in [3.05, 3.63) is 28.8 Å². The van der Waals surface area contributed by atoms with Crippen LogP contribution < -0.4 is 5.46 Å². The van der Waals surface area contributed by atoms with Gasteiger partial charge in [0.05, 0.1) is 40.9 Å². The van der Waals surface area contributed by atoms with Gasteiger partial charge in [0.1, 0.15) is 0 Å². The maximum atomic E-state index is 6.57. The Balaban J connectivity index is 1.69. The van der Waals surface area contributed by atoms with E-state index in [0.717, 1.165) is 35.8 Å². The van der Waals surface area contributed by atoms with E-state index in [4.69, 9.17) is 37.9 Å². The van der Waals surface area contributed by atoms with Crippen LogP contribution in [-0.2, 0) is 14.0 Å². The first-order valence-electron chi connectivity index (χ1n) is 10.3. The largest absolute Gasteiger partial charge is 0.494 e. The number of nitrogens with zero attached hydrogens (tertiary/aromatic N) is 1. The summed E-state index contributed by atoms with van der Waals surface area (Å²) in [4.78, 5) is 3.33. The van der Waals surface area contributed by atoms with Crippen molar-refractivity contribution in [1.29, 1.82) is 0 Å². The van der Waals surface area contributed by atoms with Crippen LogP contribution >= 0.6 is 23.8 Å². The molecule has 3 aliphatic rings. The monoisotopic (exact) mass is 435 g/mol. The van der Waals surface area contributed by atoms with E-state index in [9.17, 15) is 0 Å². The van der Waals surface area contributed by atoms with Crippen LogP contribution in [0.1, 0.15) is 60.1 Å². The summed E-state index contributed by atoms with van der Waals surface area (Å²) >= 11 is 12.4. The zero-order valence-electron chi connectivity index (χ0n) is 18.5. The van der Waals surface area contributed by atoms with Gasteiger partial charge in [-0.15, -0.1) is 0 Å². The molecule has 1 aromatic rings. The first-order valence-corrected chi connectivity index (χ1v) is 11.1. The third kappa shape index (κ3) is 3.45. The fraction of sp³-hybridized carbons (Fsp3) is 0.682. The van der Waals surface area contributed by atoms with Crippen molar-refractivity contribution in [1.82, 2.24) is 4.90 Å². The third-order valence-electron chi connectivity index (χ3n) is 6.84. The Bertz CT molecular complexity index is 831. The number of likely N-dealkylation sites (tertiary alicyclic amines) is 1. The van der Waals surface area contributed by atoms with Gasteiger partial charge >= 0.3 is 7.12 Å². The number of rotatable bonds is 2. The molecule has 1 unspecified atom stereocenters. The van der Waals surface area contributed by atoms with Gasteiger partial charge in [-0.2, -0.15) is 0 Å². The number of thiocarbonyl (C=S) groups is 1. The van der Waals surface area contributed by atoms with Gasteiger partial charge in [-0.1, -0.05) is 50.7 Å². The van der Waals surface area contributed by atoms with E-state index in [0.29, 0.717) is 5.02 Å². The molecular formula is C22H31BClNO3S. The average Bonchev–Trinajstić information content (AvgIpc) is 2.71. The summed E-state index contributed by atoms with van der Waals surface area (Å²) in [5.41, 5.74) is 1.39. The fourth-order valence-corrected chi connectivity index (χ4v) is 4.83. The number of hydrogen-bond acceptors (Lipinski definition) is 4. The van der Waals surface area contributed by atoms with E-state index >= 15 is 0 Å². The minimum atomic E-state index is -0.436. The normalized spacial score (nSPS) is 27.0. The Morgan fingerprint density at radius 2 is 1.69 bits per heavy atom. The van der Waals surface area contributed by atoms with Gasteiger partial charge in [0.15, 0.2) is 0 Å². The molecule has 29 heavy (non-hydrogen) atoms.